The van der Waals surface area contributed by atoms with Crippen molar-refractivity contribution in [2.75, 3.05) is 12.3 Å². The van der Waals surface area contributed by atoms with Gasteiger partial charge in [-0.3, -0.25) is 14.9 Å². The first-order chi connectivity index (χ1) is 12.0. The van der Waals surface area contributed by atoms with Gasteiger partial charge in [0.15, 0.2) is 0 Å². The second-order valence-electron chi connectivity index (χ2n) is 5.57. The molecule has 2 aromatic carbocycles. The molecule has 5 nitrogen and oxygen atoms in total. The zero-order valence-electron chi connectivity index (χ0n) is 13.0. The molecule has 1 heterocycles. The Balaban J connectivity index is 1.76. The first-order valence-electron chi connectivity index (χ1n) is 7.55. The van der Waals surface area contributed by atoms with Crippen LogP contribution in [0.5, 0.6) is 0 Å². The summed E-state index contributed by atoms with van der Waals surface area (Å²) in [4.78, 5) is 24.4. The summed E-state index contributed by atoms with van der Waals surface area (Å²) in [5.41, 5.74) is 0.907. The van der Waals surface area contributed by atoms with Gasteiger partial charge in [-0.25, -0.2) is 8.78 Å². The fraction of sp³-hybridized carbons (Fsp3) is 0.235. The van der Waals surface area contributed by atoms with Crippen molar-refractivity contribution < 1.29 is 18.5 Å². The number of nitro benzene ring substituents is 1. The van der Waals surface area contributed by atoms with Crippen LogP contribution in [0.25, 0.3) is 0 Å². The second kappa shape index (κ2) is 7.18. The number of nitrogens with zero attached hydrogens (tertiary/aromatic N) is 2. The number of hydrogen-bond donors (Lipinski definition) is 0. The van der Waals surface area contributed by atoms with Crippen molar-refractivity contribution >= 4 is 23.4 Å². The highest BCUT2D eigenvalue weighted by molar-refractivity contribution is 7.99. The Hall–Kier alpha value is -2.48. The Morgan fingerprint density at radius 1 is 1.24 bits per heavy atom. The molecule has 0 spiro atoms. The fourth-order valence-electron chi connectivity index (χ4n) is 2.69. The predicted octanol–water partition coefficient (Wildman–Crippen LogP) is 3.69. The molecular formula is C17H14F2N2O3S. The summed E-state index contributed by atoms with van der Waals surface area (Å²) >= 11 is 1.54. The average molecular weight is 364 g/mol. The number of carbonyl (C=O) groups is 1. The van der Waals surface area contributed by atoms with Crippen LogP contribution >= 0.6 is 11.8 Å². The number of amides is 1. The number of rotatable bonds is 4. The highest BCUT2D eigenvalue weighted by atomic mass is 32.2. The molecule has 130 valence electrons. The van der Waals surface area contributed by atoms with E-state index in [1.807, 2.05) is 0 Å². The molecule has 1 amide bonds. The van der Waals surface area contributed by atoms with E-state index in [0.29, 0.717) is 6.54 Å². The van der Waals surface area contributed by atoms with E-state index in [-0.39, 0.29) is 29.0 Å². The van der Waals surface area contributed by atoms with Gasteiger partial charge in [-0.1, -0.05) is 6.07 Å². The molecule has 0 radical (unpaired) electrons. The van der Waals surface area contributed by atoms with Crippen LogP contribution in [0, 0.1) is 21.7 Å². The Morgan fingerprint density at radius 2 is 1.96 bits per heavy atom. The Morgan fingerprint density at radius 3 is 2.60 bits per heavy atom. The van der Waals surface area contributed by atoms with Gasteiger partial charge in [-0.15, -0.1) is 11.8 Å². The van der Waals surface area contributed by atoms with E-state index in [4.69, 9.17) is 0 Å². The van der Waals surface area contributed by atoms with Crippen molar-refractivity contribution in [3.8, 4) is 0 Å². The lowest BCUT2D eigenvalue weighted by Crippen LogP contribution is -2.31. The van der Waals surface area contributed by atoms with Gasteiger partial charge in [0, 0.05) is 30.5 Å². The Labute approximate surface area is 146 Å². The minimum absolute atomic E-state index is 0.0157. The van der Waals surface area contributed by atoms with E-state index in [1.54, 1.807) is 28.8 Å². The number of benzene rings is 2. The molecule has 25 heavy (non-hydrogen) atoms. The van der Waals surface area contributed by atoms with Crippen molar-refractivity contribution in [3.63, 3.8) is 0 Å². The molecule has 0 N–H and O–H groups in total. The van der Waals surface area contributed by atoms with Crippen LogP contribution in [0.3, 0.4) is 0 Å². The van der Waals surface area contributed by atoms with Crippen LogP contribution in [0.15, 0.2) is 42.5 Å². The molecule has 0 saturated carbocycles. The molecule has 3 rings (SSSR count). The molecule has 2 aromatic rings. The van der Waals surface area contributed by atoms with Crippen molar-refractivity contribution in [3.05, 3.63) is 75.3 Å². The summed E-state index contributed by atoms with van der Waals surface area (Å²) in [6.07, 6.45) is -0.157. The van der Waals surface area contributed by atoms with Crippen molar-refractivity contribution in [2.45, 2.75) is 11.8 Å². The van der Waals surface area contributed by atoms with E-state index in [0.717, 1.165) is 23.4 Å². The largest absolute Gasteiger partial charge is 0.325 e. The molecule has 0 aromatic heterocycles. The van der Waals surface area contributed by atoms with Gasteiger partial charge in [0.1, 0.15) is 17.0 Å². The number of thioether (sulfide) groups is 1. The average Bonchev–Trinajstić information content (AvgIpc) is 3.07. The molecule has 1 aliphatic heterocycles. The zero-order valence-corrected chi connectivity index (χ0v) is 13.8. The lowest BCUT2D eigenvalue weighted by atomic mass is 10.1. The predicted molar refractivity (Wildman–Crippen MR) is 90.1 cm³/mol. The fourth-order valence-corrected chi connectivity index (χ4v) is 3.97. The minimum Gasteiger partial charge on any atom is -0.325 e. The molecule has 1 fully saturated rings. The summed E-state index contributed by atoms with van der Waals surface area (Å²) < 4.78 is 26.7. The standard InChI is InChI=1S/C17H14F2N2O3S/c18-13-4-1-12(15(19)10-13)9-16(22)20-7-8-25-17(20)11-2-5-14(6-3-11)21(23)24/h1-6,10,17H,7-9H2. The molecule has 0 aliphatic carbocycles. The molecule has 0 bridgehead atoms. The van der Waals surface area contributed by atoms with Gasteiger partial charge in [0.05, 0.1) is 11.3 Å². The highest BCUT2D eigenvalue weighted by Gasteiger charge is 2.31. The van der Waals surface area contributed by atoms with Gasteiger partial charge >= 0.3 is 0 Å². The van der Waals surface area contributed by atoms with Crippen LogP contribution < -0.4 is 0 Å². The summed E-state index contributed by atoms with van der Waals surface area (Å²) in [5.74, 6) is -0.973. The van der Waals surface area contributed by atoms with E-state index in [9.17, 15) is 23.7 Å². The van der Waals surface area contributed by atoms with Crippen LogP contribution in [-0.2, 0) is 11.2 Å². The third-order valence-electron chi connectivity index (χ3n) is 3.96. The first kappa shape index (κ1) is 17.3. The van der Waals surface area contributed by atoms with E-state index >= 15 is 0 Å². The second-order valence-corrected chi connectivity index (χ2v) is 6.76. The SMILES string of the molecule is O=C(Cc1ccc(F)cc1F)N1CCSC1c1ccc([N+](=O)[O-])cc1. The lowest BCUT2D eigenvalue weighted by molar-refractivity contribution is -0.384. The number of hydrogen-bond acceptors (Lipinski definition) is 4. The number of non-ortho nitro benzene ring substituents is 1. The van der Waals surface area contributed by atoms with Crippen molar-refractivity contribution in [1.29, 1.82) is 0 Å². The Bertz CT molecular complexity index is 814. The quantitative estimate of drug-likeness (QED) is 0.613. The molecule has 8 heteroatoms. The maximum atomic E-state index is 13.8. The minimum atomic E-state index is -0.743. The lowest BCUT2D eigenvalue weighted by Gasteiger charge is -2.24. The van der Waals surface area contributed by atoms with E-state index < -0.39 is 16.6 Å². The molecular weight excluding hydrogens is 350 g/mol. The number of nitro groups is 1. The summed E-state index contributed by atoms with van der Waals surface area (Å²) in [7, 11) is 0. The van der Waals surface area contributed by atoms with Crippen LogP contribution in [0.1, 0.15) is 16.5 Å². The monoisotopic (exact) mass is 364 g/mol. The summed E-state index contributed by atoms with van der Waals surface area (Å²) in [6.45, 7) is 0.508. The van der Waals surface area contributed by atoms with Gasteiger partial charge < -0.3 is 4.90 Å². The molecule has 1 atom stereocenters. The van der Waals surface area contributed by atoms with Crippen molar-refractivity contribution in [1.82, 2.24) is 4.90 Å². The highest BCUT2D eigenvalue weighted by Crippen LogP contribution is 2.38. The van der Waals surface area contributed by atoms with Crippen LogP contribution in [-0.4, -0.2) is 28.0 Å². The maximum absolute atomic E-state index is 13.8. The normalized spacial score (nSPS) is 16.9. The van der Waals surface area contributed by atoms with Gasteiger partial charge in [-0.05, 0) is 29.3 Å². The zero-order chi connectivity index (χ0) is 18.0. The number of halogens is 2. The smallest absolute Gasteiger partial charge is 0.269 e. The third-order valence-corrected chi connectivity index (χ3v) is 5.22. The molecule has 1 unspecified atom stereocenters. The molecule has 1 saturated heterocycles. The van der Waals surface area contributed by atoms with Crippen molar-refractivity contribution in [2.24, 2.45) is 0 Å². The van der Waals surface area contributed by atoms with Gasteiger partial charge in [0.2, 0.25) is 5.91 Å². The number of carbonyl (C=O) groups excluding carboxylic acids is 1. The van der Waals surface area contributed by atoms with E-state index in [2.05, 4.69) is 0 Å². The molecule has 1 aliphatic rings. The van der Waals surface area contributed by atoms with Gasteiger partial charge in [0.25, 0.3) is 5.69 Å². The van der Waals surface area contributed by atoms with Crippen LogP contribution in [0.2, 0.25) is 0 Å². The summed E-state index contributed by atoms with van der Waals surface area (Å²) in [5, 5.41) is 10.5. The topological polar surface area (TPSA) is 63.5 Å². The third kappa shape index (κ3) is 3.79. The van der Waals surface area contributed by atoms with E-state index in [1.165, 1.54) is 18.2 Å². The van der Waals surface area contributed by atoms with Crippen LogP contribution in [0.4, 0.5) is 14.5 Å². The van der Waals surface area contributed by atoms with Gasteiger partial charge in [-0.2, -0.15) is 0 Å². The Kier molecular flexibility index (Phi) is 4.98. The first-order valence-corrected chi connectivity index (χ1v) is 8.60. The maximum Gasteiger partial charge on any atom is 0.269 e. The summed E-state index contributed by atoms with van der Waals surface area (Å²) in [6, 6.07) is 9.20.